The van der Waals surface area contributed by atoms with Gasteiger partial charge >= 0.3 is 0 Å². The highest BCUT2D eigenvalue weighted by atomic mass is 35.5. The Hall–Kier alpha value is -3.07. The summed E-state index contributed by atoms with van der Waals surface area (Å²) in [6.07, 6.45) is 6.32. The van der Waals surface area contributed by atoms with Crippen molar-refractivity contribution in [1.82, 2.24) is 25.0 Å². The molecule has 0 bridgehead atoms. The van der Waals surface area contributed by atoms with E-state index < -0.39 is 5.82 Å². The summed E-state index contributed by atoms with van der Waals surface area (Å²) in [5, 5.41) is 4.00. The Bertz CT molecular complexity index is 1000. The molecule has 1 aliphatic rings. The third kappa shape index (κ3) is 4.51. The van der Waals surface area contributed by atoms with E-state index in [0.29, 0.717) is 36.2 Å². The number of benzene rings is 1. The van der Waals surface area contributed by atoms with Crippen LogP contribution in [-0.4, -0.2) is 50.6 Å². The van der Waals surface area contributed by atoms with Gasteiger partial charge in [-0.15, -0.1) is 0 Å². The van der Waals surface area contributed by atoms with Crippen molar-refractivity contribution in [3.8, 4) is 17.3 Å². The number of piperidine rings is 1. The average Bonchev–Trinajstić information content (AvgIpc) is 3.25. The largest absolute Gasteiger partial charge is 0.484 e. The van der Waals surface area contributed by atoms with Gasteiger partial charge in [0.25, 0.3) is 11.8 Å². The summed E-state index contributed by atoms with van der Waals surface area (Å²) in [5.41, 5.74) is 0.501. The number of aromatic nitrogens is 4. The van der Waals surface area contributed by atoms with Crippen LogP contribution < -0.4 is 4.74 Å². The number of nitrogens with zero attached hydrogens (tertiary/aromatic N) is 5. The van der Waals surface area contributed by atoms with Gasteiger partial charge < -0.3 is 14.2 Å². The van der Waals surface area contributed by atoms with Crippen molar-refractivity contribution in [3.05, 3.63) is 53.5 Å². The molecule has 1 atom stereocenters. The molecule has 10 heteroatoms. The van der Waals surface area contributed by atoms with Crippen molar-refractivity contribution in [1.29, 1.82) is 0 Å². The van der Waals surface area contributed by atoms with Gasteiger partial charge in [-0.1, -0.05) is 16.8 Å². The highest BCUT2D eigenvalue weighted by Crippen LogP contribution is 2.27. The maximum atomic E-state index is 13.2. The van der Waals surface area contributed by atoms with Crippen molar-refractivity contribution in [3.63, 3.8) is 0 Å². The zero-order chi connectivity index (χ0) is 20.2. The lowest BCUT2D eigenvalue weighted by atomic mass is 9.97. The highest BCUT2D eigenvalue weighted by molar-refractivity contribution is 6.30. The first-order chi connectivity index (χ1) is 14.1. The van der Waals surface area contributed by atoms with E-state index in [0.717, 1.165) is 12.8 Å². The molecule has 0 saturated carbocycles. The number of carbonyl (C=O) groups is 1. The molecule has 1 saturated heterocycles. The van der Waals surface area contributed by atoms with Gasteiger partial charge in [-0.2, -0.15) is 4.98 Å². The van der Waals surface area contributed by atoms with E-state index >= 15 is 0 Å². The van der Waals surface area contributed by atoms with Crippen LogP contribution in [0, 0.1) is 5.82 Å². The number of halogens is 2. The molecule has 0 aliphatic carbocycles. The van der Waals surface area contributed by atoms with Gasteiger partial charge in [0.2, 0.25) is 0 Å². The fraction of sp³-hybridized carbons (Fsp3) is 0.316. The number of hydrogen-bond donors (Lipinski definition) is 0. The summed E-state index contributed by atoms with van der Waals surface area (Å²) in [5.74, 6) is 0.424. The number of hydrogen-bond acceptors (Lipinski definition) is 7. The Morgan fingerprint density at radius 1 is 1.38 bits per heavy atom. The lowest BCUT2D eigenvalue weighted by molar-refractivity contribution is -0.134. The monoisotopic (exact) mass is 417 g/mol. The van der Waals surface area contributed by atoms with Crippen LogP contribution in [-0.2, 0) is 4.79 Å². The topological polar surface area (TPSA) is 94.2 Å². The van der Waals surface area contributed by atoms with Gasteiger partial charge in [0, 0.05) is 37.5 Å². The first kappa shape index (κ1) is 19.3. The molecule has 0 N–H and O–H groups in total. The molecule has 1 amide bonds. The SMILES string of the molecule is O=C(COc1ccc(F)c(Cl)c1)N1CCCC(c2noc(-c3cnccn3)n2)C1. The maximum Gasteiger partial charge on any atom is 0.278 e. The molecule has 0 spiro atoms. The molecule has 3 heterocycles. The molecule has 2 aromatic heterocycles. The molecule has 1 aliphatic heterocycles. The molecule has 150 valence electrons. The Morgan fingerprint density at radius 2 is 2.28 bits per heavy atom. The molecule has 1 unspecified atom stereocenters. The average molecular weight is 418 g/mol. The standard InChI is InChI=1S/C19H17ClFN5O3/c20-14-8-13(3-4-15(14)21)28-11-17(27)26-7-1-2-12(10-26)18-24-19(29-25-18)16-9-22-5-6-23-16/h3-6,8-9,12H,1-2,7,10-11H2. The van der Waals surface area contributed by atoms with E-state index in [1.54, 1.807) is 23.5 Å². The van der Waals surface area contributed by atoms with Crippen LogP contribution >= 0.6 is 11.6 Å². The molecule has 0 radical (unpaired) electrons. The van der Waals surface area contributed by atoms with E-state index in [-0.39, 0.29) is 23.5 Å². The number of likely N-dealkylation sites (tertiary alicyclic amines) is 1. The predicted octanol–water partition coefficient (Wildman–Crippen LogP) is 3.10. The maximum absolute atomic E-state index is 13.2. The first-order valence-electron chi connectivity index (χ1n) is 9.06. The van der Waals surface area contributed by atoms with E-state index in [1.165, 1.54) is 18.2 Å². The summed E-state index contributed by atoms with van der Waals surface area (Å²) in [6.45, 7) is 0.926. The minimum atomic E-state index is -0.537. The molecular weight excluding hydrogens is 401 g/mol. The zero-order valence-electron chi connectivity index (χ0n) is 15.3. The van der Waals surface area contributed by atoms with Crippen molar-refractivity contribution < 1.29 is 18.4 Å². The van der Waals surface area contributed by atoms with Crippen LogP contribution in [0.5, 0.6) is 5.75 Å². The van der Waals surface area contributed by atoms with Crippen LogP contribution in [0.15, 0.2) is 41.3 Å². The fourth-order valence-electron chi connectivity index (χ4n) is 3.13. The lowest BCUT2D eigenvalue weighted by Gasteiger charge is -2.31. The highest BCUT2D eigenvalue weighted by Gasteiger charge is 2.28. The Morgan fingerprint density at radius 3 is 3.07 bits per heavy atom. The number of amides is 1. The van der Waals surface area contributed by atoms with Crippen molar-refractivity contribution in [2.75, 3.05) is 19.7 Å². The minimum Gasteiger partial charge on any atom is -0.484 e. The van der Waals surface area contributed by atoms with E-state index in [4.69, 9.17) is 20.9 Å². The predicted molar refractivity (Wildman–Crippen MR) is 101 cm³/mol. The Labute approximate surface area is 170 Å². The van der Waals surface area contributed by atoms with Gasteiger partial charge in [0.05, 0.1) is 11.2 Å². The Balaban J connectivity index is 1.37. The van der Waals surface area contributed by atoms with E-state index in [9.17, 15) is 9.18 Å². The van der Waals surface area contributed by atoms with Gasteiger partial charge in [0.1, 0.15) is 17.3 Å². The molecule has 1 aromatic carbocycles. The van der Waals surface area contributed by atoms with Crippen LogP contribution in [0.2, 0.25) is 5.02 Å². The first-order valence-corrected chi connectivity index (χ1v) is 9.43. The van der Waals surface area contributed by atoms with Crippen molar-refractivity contribution >= 4 is 17.5 Å². The van der Waals surface area contributed by atoms with Gasteiger partial charge in [-0.3, -0.25) is 9.78 Å². The molecule has 3 aromatic rings. The quantitative estimate of drug-likeness (QED) is 0.629. The minimum absolute atomic E-state index is 0.0397. The van der Waals surface area contributed by atoms with Crippen LogP contribution in [0.3, 0.4) is 0 Å². The second kappa shape index (κ2) is 8.52. The summed E-state index contributed by atoms with van der Waals surface area (Å²) in [4.78, 5) is 26.8. The fourth-order valence-corrected chi connectivity index (χ4v) is 3.30. The number of carbonyl (C=O) groups excluding carboxylic acids is 1. The zero-order valence-corrected chi connectivity index (χ0v) is 16.0. The Kier molecular flexibility index (Phi) is 5.66. The lowest BCUT2D eigenvalue weighted by Crippen LogP contribution is -2.41. The normalized spacial score (nSPS) is 16.6. The van der Waals surface area contributed by atoms with Crippen molar-refractivity contribution in [2.24, 2.45) is 0 Å². The molecule has 1 fully saturated rings. The van der Waals surface area contributed by atoms with Gasteiger partial charge in [0.15, 0.2) is 12.4 Å². The second-order valence-corrected chi connectivity index (χ2v) is 7.00. The molecule has 4 rings (SSSR count). The summed E-state index contributed by atoms with van der Waals surface area (Å²) in [6, 6.07) is 3.97. The molecule has 29 heavy (non-hydrogen) atoms. The molecule has 8 nitrogen and oxygen atoms in total. The number of ether oxygens (including phenoxy) is 1. The van der Waals surface area contributed by atoms with Crippen LogP contribution in [0.4, 0.5) is 4.39 Å². The third-order valence-corrected chi connectivity index (χ3v) is 4.91. The smallest absolute Gasteiger partial charge is 0.278 e. The summed E-state index contributed by atoms with van der Waals surface area (Å²) < 4.78 is 24.0. The second-order valence-electron chi connectivity index (χ2n) is 6.59. The number of rotatable bonds is 5. The third-order valence-electron chi connectivity index (χ3n) is 4.62. The van der Waals surface area contributed by atoms with E-state index in [1.807, 2.05) is 0 Å². The van der Waals surface area contributed by atoms with E-state index in [2.05, 4.69) is 20.1 Å². The van der Waals surface area contributed by atoms with Gasteiger partial charge in [-0.05, 0) is 25.0 Å². The van der Waals surface area contributed by atoms with Crippen molar-refractivity contribution in [2.45, 2.75) is 18.8 Å². The summed E-state index contributed by atoms with van der Waals surface area (Å²) in [7, 11) is 0. The summed E-state index contributed by atoms with van der Waals surface area (Å²) >= 11 is 5.73. The molecular formula is C19H17ClFN5O3. The van der Waals surface area contributed by atoms with Crippen LogP contribution in [0.1, 0.15) is 24.6 Å². The van der Waals surface area contributed by atoms with Crippen LogP contribution in [0.25, 0.3) is 11.6 Å². The van der Waals surface area contributed by atoms with Gasteiger partial charge in [-0.25, -0.2) is 9.37 Å².